The van der Waals surface area contributed by atoms with Gasteiger partial charge in [-0.3, -0.25) is 0 Å². The van der Waals surface area contributed by atoms with E-state index in [4.69, 9.17) is 4.42 Å². The fraction of sp³-hybridized carbons (Fsp3) is 0.273. The zero-order valence-electron chi connectivity index (χ0n) is 8.30. The van der Waals surface area contributed by atoms with Crippen molar-refractivity contribution in [1.82, 2.24) is 5.32 Å². The van der Waals surface area contributed by atoms with E-state index in [0.29, 0.717) is 0 Å². The Hall–Kier alpha value is -0.100. The van der Waals surface area contributed by atoms with E-state index in [0.717, 1.165) is 27.0 Å². The molecule has 1 unspecified atom stereocenters. The maximum absolute atomic E-state index is 5.49. The Morgan fingerprint density at radius 2 is 2.31 bits per heavy atom. The second-order valence-corrected chi connectivity index (χ2v) is 6.96. The summed E-state index contributed by atoms with van der Waals surface area (Å²) in [7, 11) is 0. The average molecular weight is 363 g/mol. The molecule has 0 radical (unpaired) electrons. The summed E-state index contributed by atoms with van der Waals surface area (Å²) in [4.78, 5) is 1.31. The largest absolute Gasteiger partial charge is 0.469 e. The van der Waals surface area contributed by atoms with Crippen molar-refractivity contribution in [3.63, 3.8) is 0 Å². The van der Waals surface area contributed by atoms with E-state index < -0.39 is 0 Å². The lowest BCUT2D eigenvalue weighted by Gasteiger charge is -2.22. The highest BCUT2D eigenvalue weighted by atomic mass is 79.9. The zero-order valence-corrected chi connectivity index (χ0v) is 12.3. The number of rotatable bonds is 1. The molecule has 16 heavy (non-hydrogen) atoms. The van der Waals surface area contributed by atoms with Gasteiger partial charge in [-0.15, -0.1) is 11.3 Å². The molecule has 3 rings (SSSR count). The maximum Gasteiger partial charge on any atom is 0.110 e. The van der Waals surface area contributed by atoms with Crippen LogP contribution in [-0.4, -0.2) is 6.54 Å². The molecule has 2 aromatic rings. The van der Waals surface area contributed by atoms with Gasteiger partial charge >= 0.3 is 0 Å². The number of halogens is 2. The minimum atomic E-state index is 0.273. The molecule has 1 N–H and O–H groups in total. The molecule has 0 saturated heterocycles. The van der Waals surface area contributed by atoms with Gasteiger partial charge in [0.25, 0.3) is 0 Å². The van der Waals surface area contributed by atoms with E-state index in [1.165, 1.54) is 10.4 Å². The monoisotopic (exact) mass is 361 g/mol. The number of hydrogen-bond donors (Lipinski definition) is 1. The summed E-state index contributed by atoms with van der Waals surface area (Å²) in [5, 5.41) is 3.53. The van der Waals surface area contributed by atoms with Gasteiger partial charge in [-0.1, -0.05) is 0 Å². The minimum absolute atomic E-state index is 0.273. The summed E-state index contributed by atoms with van der Waals surface area (Å²) in [6, 6.07) is 4.50. The lowest BCUT2D eigenvalue weighted by Crippen LogP contribution is -2.28. The van der Waals surface area contributed by atoms with Gasteiger partial charge in [0.15, 0.2) is 0 Å². The van der Waals surface area contributed by atoms with Crippen LogP contribution in [0.3, 0.4) is 0 Å². The minimum Gasteiger partial charge on any atom is -0.469 e. The molecule has 0 saturated carbocycles. The van der Waals surface area contributed by atoms with Crippen LogP contribution < -0.4 is 5.32 Å². The Balaban J connectivity index is 2.03. The van der Waals surface area contributed by atoms with Crippen molar-refractivity contribution in [2.75, 3.05) is 6.54 Å². The first-order valence-electron chi connectivity index (χ1n) is 5.00. The molecular weight excluding hydrogens is 354 g/mol. The molecule has 5 heteroatoms. The highest BCUT2D eigenvalue weighted by Gasteiger charge is 2.25. The summed E-state index contributed by atoms with van der Waals surface area (Å²) in [5.74, 6) is 1.12. The second kappa shape index (κ2) is 4.29. The van der Waals surface area contributed by atoms with E-state index in [2.05, 4.69) is 49.3 Å². The van der Waals surface area contributed by atoms with E-state index in [-0.39, 0.29) is 6.04 Å². The fourth-order valence-corrected chi connectivity index (χ4v) is 4.19. The molecule has 1 aliphatic rings. The van der Waals surface area contributed by atoms with Crippen molar-refractivity contribution in [2.24, 2.45) is 0 Å². The van der Waals surface area contributed by atoms with Crippen LogP contribution in [0, 0.1) is 0 Å². The van der Waals surface area contributed by atoms with Crippen LogP contribution >= 0.6 is 43.2 Å². The first kappa shape index (κ1) is 11.0. The molecule has 2 nitrogen and oxygen atoms in total. The number of nitrogens with one attached hydrogen (secondary N) is 1. The Morgan fingerprint density at radius 3 is 3.06 bits per heavy atom. The SMILES string of the molecule is Brc1cc(C2NCCc3occc32)sc1Br. The van der Waals surface area contributed by atoms with Gasteiger partial charge in [0.05, 0.1) is 16.1 Å². The molecule has 2 aromatic heterocycles. The smallest absolute Gasteiger partial charge is 0.110 e. The number of hydrogen-bond acceptors (Lipinski definition) is 3. The maximum atomic E-state index is 5.49. The summed E-state index contributed by atoms with van der Waals surface area (Å²) < 4.78 is 7.74. The lowest BCUT2D eigenvalue weighted by molar-refractivity contribution is 0.458. The predicted octanol–water partition coefficient (Wildman–Crippen LogP) is 4.10. The highest BCUT2D eigenvalue weighted by Crippen LogP contribution is 2.39. The van der Waals surface area contributed by atoms with Crippen LogP contribution in [0.2, 0.25) is 0 Å². The van der Waals surface area contributed by atoms with Crippen LogP contribution in [0.4, 0.5) is 0 Å². The van der Waals surface area contributed by atoms with Crippen molar-refractivity contribution in [3.8, 4) is 0 Å². The van der Waals surface area contributed by atoms with Crippen molar-refractivity contribution >= 4 is 43.2 Å². The predicted molar refractivity (Wildman–Crippen MR) is 72.0 cm³/mol. The molecule has 0 amide bonds. The third kappa shape index (κ3) is 1.79. The Kier molecular flexibility index (Phi) is 2.96. The Morgan fingerprint density at radius 1 is 1.44 bits per heavy atom. The highest BCUT2D eigenvalue weighted by molar-refractivity contribution is 9.13. The molecule has 0 aliphatic carbocycles. The second-order valence-electron chi connectivity index (χ2n) is 3.71. The van der Waals surface area contributed by atoms with Crippen LogP contribution in [-0.2, 0) is 6.42 Å². The van der Waals surface area contributed by atoms with Gasteiger partial charge in [0.2, 0.25) is 0 Å². The molecule has 84 valence electrons. The fourth-order valence-electron chi connectivity index (χ4n) is 2.01. The van der Waals surface area contributed by atoms with Crippen molar-refractivity contribution in [1.29, 1.82) is 0 Å². The van der Waals surface area contributed by atoms with Gasteiger partial charge < -0.3 is 9.73 Å². The van der Waals surface area contributed by atoms with E-state index >= 15 is 0 Å². The molecule has 1 aliphatic heterocycles. The van der Waals surface area contributed by atoms with Crippen molar-refractivity contribution in [2.45, 2.75) is 12.5 Å². The Labute approximate surface area is 114 Å². The standard InChI is InChI=1S/C11H9Br2NOS/c12-7-5-9(16-11(7)13)10-6-2-4-15-8(6)1-3-14-10/h2,4-5,10,14H,1,3H2. The lowest BCUT2D eigenvalue weighted by atomic mass is 10.0. The van der Waals surface area contributed by atoms with Gasteiger partial charge in [0, 0.05) is 27.9 Å². The molecule has 0 spiro atoms. The van der Waals surface area contributed by atoms with Crippen LogP contribution in [0.5, 0.6) is 0 Å². The first-order chi connectivity index (χ1) is 7.75. The summed E-state index contributed by atoms with van der Waals surface area (Å²) >= 11 is 8.81. The van der Waals surface area contributed by atoms with Gasteiger partial charge in [0.1, 0.15) is 5.76 Å². The van der Waals surface area contributed by atoms with E-state index in [9.17, 15) is 0 Å². The van der Waals surface area contributed by atoms with Crippen molar-refractivity contribution in [3.05, 3.63) is 42.9 Å². The van der Waals surface area contributed by atoms with Crippen LogP contribution in [0.15, 0.2) is 31.1 Å². The van der Waals surface area contributed by atoms with E-state index in [1.54, 1.807) is 17.6 Å². The average Bonchev–Trinajstić information content (AvgIpc) is 2.85. The van der Waals surface area contributed by atoms with Crippen molar-refractivity contribution < 1.29 is 4.42 Å². The first-order valence-corrected chi connectivity index (χ1v) is 7.40. The molecule has 3 heterocycles. The summed E-state index contributed by atoms with van der Waals surface area (Å²) in [5.41, 5.74) is 1.27. The van der Waals surface area contributed by atoms with Crippen LogP contribution in [0.1, 0.15) is 22.2 Å². The molecule has 0 aromatic carbocycles. The van der Waals surface area contributed by atoms with Gasteiger partial charge in [-0.05, 0) is 44.0 Å². The van der Waals surface area contributed by atoms with Gasteiger partial charge in [-0.2, -0.15) is 0 Å². The summed E-state index contributed by atoms with van der Waals surface area (Å²) in [6.07, 6.45) is 2.76. The molecular formula is C11H9Br2NOS. The summed E-state index contributed by atoms with van der Waals surface area (Å²) in [6.45, 7) is 0.971. The van der Waals surface area contributed by atoms with Crippen LogP contribution in [0.25, 0.3) is 0 Å². The van der Waals surface area contributed by atoms with Gasteiger partial charge in [-0.25, -0.2) is 0 Å². The van der Waals surface area contributed by atoms with E-state index in [1.807, 2.05) is 0 Å². The molecule has 0 fully saturated rings. The third-order valence-corrected chi connectivity index (χ3v) is 6.06. The molecule has 1 atom stereocenters. The zero-order chi connectivity index (χ0) is 11.1. The quantitative estimate of drug-likeness (QED) is 0.826. The topological polar surface area (TPSA) is 25.2 Å². The Bertz CT molecular complexity index is 500. The number of furan rings is 1. The normalized spacial score (nSPS) is 19.8. The molecule has 0 bridgehead atoms. The number of thiophene rings is 1. The third-order valence-electron chi connectivity index (χ3n) is 2.74. The number of fused-ring (bicyclic) bond motifs is 1.